The number of benzene rings is 2. The maximum atomic E-state index is 13.1. The first-order valence-corrected chi connectivity index (χ1v) is 10.3. The molecule has 2 heterocycles. The van der Waals surface area contributed by atoms with Gasteiger partial charge in [-0.25, -0.2) is 9.18 Å². The molecule has 1 amide bonds. The van der Waals surface area contributed by atoms with Crippen molar-refractivity contribution in [3.63, 3.8) is 0 Å². The third kappa shape index (κ3) is 4.26. The van der Waals surface area contributed by atoms with Crippen LogP contribution in [0.5, 0.6) is 5.75 Å². The Balaban J connectivity index is 1.44. The van der Waals surface area contributed by atoms with Gasteiger partial charge in [-0.1, -0.05) is 0 Å². The standard InChI is InChI=1S/C24H25FN2O4/c1-15-12-20(23-16(2)17(3)24(29)31-21(23)13-15)30-14-22(28)27-10-8-26(9-11-27)19-6-4-18(25)5-7-19/h4-7,12-13H,8-11,14H2,1-3H3. The normalized spacial score (nSPS) is 14.2. The van der Waals surface area contributed by atoms with E-state index in [0.29, 0.717) is 43.1 Å². The summed E-state index contributed by atoms with van der Waals surface area (Å²) in [4.78, 5) is 28.7. The number of ether oxygens (including phenoxy) is 1. The molecule has 1 aliphatic rings. The Morgan fingerprint density at radius 1 is 1.03 bits per heavy atom. The summed E-state index contributed by atoms with van der Waals surface area (Å²) in [5.41, 5.74) is 3.25. The Morgan fingerprint density at radius 3 is 2.39 bits per heavy atom. The van der Waals surface area contributed by atoms with Gasteiger partial charge in [0.1, 0.15) is 17.1 Å². The average molecular weight is 424 g/mol. The van der Waals surface area contributed by atoms with Crippen LogP contribution in [-0.2, 0) is 4.79 Å². The number of carbonyl (C=O) groups excluding carboxylic acids is 1. The van der Waals surface area contributed by atoms with Crippen molar-refractivity contribution < 1.29 is 18.3 Å². The molecule has 162 valence electrons. The zero-order valence-electron chi connectivity index (χ0n) is 17.9. The molecule has 1 saturated heterocycles. The second-order valence-corrected chi connectivity index (χ2v) is 7.91. The lowest BCUT2D eigenvalue weighted by atomic mass is 10.0. The lowest BCUT2D eigenvalue weighted by molar-refractivity contribution is -0.133. The summed E-state index contributed by atoms with van der Waals surface area (Å²) in [6.45, 7) is 7.86. The SMILES string of the molecule is Cc1cc(OCC(=O)N2CCN(c3ccc(F)cc3)CC2)c2c(C)c(C)c(=O)oc2c1. The molecule has 7 heteroatoms. The van der Waals surface area contributed by atoms with Crippen LogP contribution >= 0.6 is 0 Å². The number of hydrogen-bond acceptors (Lipinski definition) is 5. The molecule has 0 N–H and O–H groups in total. The van der Waals surface area contributed by atoms with E-state index in [9.17, 15) is 14.0 Å². The van der Waals surface area contributed by atoms with Crippen molar-refractivity contribution in [2.45, 2.75) is 20.8 Å². The fraction of sp³-hybridized carbons (Fsp3) is 0.333. The highest BCUT2D eigenvalue weighted by atomic mass is 19.1. The third-order valence-electron chi connectivity index (χ3n) is 5.83. The second kappa shape index (κ2) is 8.41. The molecule has 0 spiro atoms. The highest BCUT2D eigenvalue weighted by Crippen LogP contribution is 2.31. The Hall–Kier alpha value is -3.35. The quantitative estimate of drug-likeness (QED) is 0.599. The molecule has 3 aromatic rings. The van der Waals surface area contributed by atoms with Gasteiger partial charge in [0.15, 0.2) is 6.61 Å². The van der Waals surface area contributed by atoms with Crippen LogP contribution in [0.3, 0.4) is 0 Å². The molecule has 1 aliphatic heterocycles. The number of halogens is 1. The summed E-state index contributed by atoms with van der Waals surface area (Å²) < 4.78 is 24.5. The summed E-state index contributed by atoms with van der Waals surface area (Å²) in [5.74, 6) is 0.181. The maximum absolute atomic E-state index is 13.1. The third-order valence-corrected chi connectivity index (χ3v) is 5.83. The van der Waals surface area contributed by atoms with E-state index in [1.54, 1.807) is 30.0 Å². The number of aryl methyl sites for hydroxylation is 2. The van der Waals surface area contributed by atoms with Crippen molar-refractivity contribution >= 4 is 22.6 Å². The molecule has 0 atom stereocenters. The predicted octanol–water partition coefficient (Wildman–Crippen LogP) is 3.58. The van der Waals surface area contributed by atoms with E-state index in [1.165, 1.54) is 12.1 Å². The highest BCUT2D eigenvalue weighted by molar-refractivity contribution is 5.88. The molecule has 4 rings (SSSR count). The first-order chi connectivity index (χ1) is 14.8. The highest BCUT2D eigenvalue weighted by Gasteiger charge is 2.22. The Labute approximate surface area is 179 Å². The second-order valence-electron chi connectivity index (χ2n) is 7.91. The van der Waals surface area contributed by atoms with Crippen LogP contribution in [-0.4, -0.2) is 43.6 Å². The molecule has 6 nitrogen and oxygen atoms in total. The van der Waals surface area contributed by atoms with Gasteiger partial charge in [-0.3, -0.25) is 4.79 Å². The lowest BCUT2D eigenvalue weighted by Crippen LogP contribution is -2.50. The fourth-order valence-corrected chi connectivity index (χ4v) is 3.90. The van der Waals surface area contributed by atoms with Gasteiger partial charge < -0.3 is 19.0 Å². The molecule has 0 unspecified atom stereocenters. The van der Waals surface area contributed by atoms with Crippen LogP contribution in [0.2, 0.25) is 0 Å². The molecule has 31 heavy (non-hydrogen) atoms. The molecule has 0 radical (unpaired) electrons. The first kappa shape index (κ1) is 20.9. The van der Waals surface area contributed by atoms with Gasteiger partial charge in [0.2, 0.25) is 0 Å². The van der Waals surface area contributed by atoms with Gasteiger partial charge in [0, 0.05) is 37.4 Å². The molecular formula is C24H25FN2O4. The summed E-state index contributed by atoms with van der Waals surface area (Å²) >= 11 is 0. The summed E-state index contributed by atoms with van der Waals surface area (Å²) in [7, 11) is 0. The van der Waals surface area contributed by atoms with E-state index in [2.05, 4.69) is 4.90 Å². The number of hydrogen-bond donors (Lipinski definition) is 0. The smallest absolute Gasteiger partial charge is 0.339 e. The minimum absolute atomic E-state index is 0.0906. The lowest BCUT2D eigenvalue weighted by Gasteiger charge is -2.36. The van der Waals surface area contributed by atoms with Gasteiger partial charge in [0.25, 0.3) is 5.91 Å². The number of amides is 1. The fourth-order valence-electron chi connectivity index (χ4n) is 3.90. The van der Waals surface area contributed by atoms with Crippen LogP contribution in [0.1, 0.15) is 16.7 Å². The van der Waals surface area contributed by atoms with E-state index in [4.69, 9.17) is 9.15 Å². The predicted molar refractivity (Wildman–Crippen MR) is 117 cm³/mol. The van der Waals surface area contributed by atoms with E-state index in [0.717, 1.165) is 22.2 Å². The van der Waals surface area contributed by atoms with Crippen molar-refractivity contribution in [2.24, 2.45) is 0 Å². The van der Waals surface area contributed by atoms with Crippen LogP contribution in [0.4, 0.5) is 10.1 Å². The van der Waals surface area contributed by atoms with Gasteiger partial charge in [-0.15, -0.1) is 0 Å². The van der Waals surface area contributed by atoms with E-state index in [-0.39, 0.29) is 24.0 Å². The number of piperazine rings is 1. The molecule has 2 aromatic carbocycles. The van der Waals surface area contributed by atoms with Gasteiger partial charge in [-0.05, 0) is 68.3 Å². The van der Waals surface area contributed by atoms with E-state index < -0.39 is 0 Å². The molecule has 1 aromatic heterocycles. The molecular weight excluding hydrogens is 399 g/mol. The monoisotopic (exact) mass is 424 g/mol. The van der Waals surface area contributed by atoms with Crippen LogP contribution < -0.4 is 15.3 Å². The van der Waals surface area contributed by atoms with Crippen LogP contribution in [0.15, 0.2) is 45.6 Å². The Morgan fingerprint density at radius 2 is 1.71 bits per heavy atom. The average Bonchev–Trinajstić information content (AvgIpc) is 2.76. The number of anilines is 1. The minimum Gasteiger partial charge on any atom is -0.483 e. The molecule has 0 aliphatic carbocycles. The van der Waals surface area contributed by atoms with Crippen molar-refractivity contribution in [3.05, 3.63) is 69.3 Å². The van der Waals surface area contributed by atoms with Crippen LogP contribution in [0, 0.1) is 26.6 Å². The van der Waals surface area contributed by atoms with Crippen LogP contribution in [0.25, 0.3) is 11.0 Å². The van der Waals surface area contributed by atoms with Crippen molar-refractivity contribution in [1.29, 1.82) is 0 Å². The Bertz CT molecular complexity index is 1180. The van der Waals surface area contributed by atoms with E-state index in [1.807, 2.05) is 19.9 Å². The maximum Gasteiger partial charge on any atom is 0.339 e. The topological polar surface area (TPSA) is 63.0 Å². The zero-order chi connectivity index (χ0) is 22.1. The van der Waals surface area contributed by atoms with Crippen molar-refractivity contribution in [2.75, 3.05) is 37.7 Å². The summed E-state index contributed by atoms with van der Waals surface area (Å²) in [5, 5.41) is 0.719. The van der Waals surface area contributed by atoms with Gasteiger partial charge in [0.05, 0.1) is 5.39 Å². The molecule has 1 fully saturated rings. The largest absolute Gasteiger partial charge is 0.483 e. The zero-order valence-corrected chi connectivity index (χ0v) is 17.9. The number of fused-ring (bicyclic) bond motifs is 1. The minimum atomic E-state index is -0.364. The molecule has 0 saturated carbocycles. The van der Waals surface area contributed by atoms with E-state index >= 15 is 0 Å². The van der Waals surface area contributed by atoms with Gasteiger partial charge >= 0.3 is 5.63 Å². The van der Waals surface area contributed by atoms with Crippen molar-refractivity contribution in [3.8, 4) is 5.75 Å². The van der Waals surface area contributed by atoms with Gasteiger partial charge in [-0.2, -0.15) is 0 Å². The number of rotatable bonds is 4. The first-order valence-electron chi connectivity index (χ1n) is 10.3. The van der Waals surface area contributed by atoms with Crippen molar-refractivity contribution in [1.82, 2.24) is 4.90 Å². The molecule has 0 bridgehead atoms. The summed E-state index contributed by atoms with van der Waals surface area (Å²) in [6.07, 6.45) is 0. The number of nitrogens with zero attached hydrogens (tertiary/aromatic N) is 2. The Kier molecular flexibility index (Phi) is 5.67. The number of carbonyl (C=O) groups is 1. The summed E-state index contributed by atoms with van der Waals surface area (Å²) in [6, 6.07) is 10.0.